The van der Waals surface area contributed by atoms with Gasteiger partial charge in [0.05, 0.1) is 22.5 Å². The summed E-state index contributed by atoms with van der Waals surface area (Å²) in [5.41, 5.74) is 4.17. The van der Waals surface area contributed by atoms with Crippen LogP contribution in [0.4, 0.5) is 8.78 Å². The molecule has 1 aromatic carbocycles. The maximum Gasteiger partial charge on any atom is 0.182 e. The fraction of sp³-hybridized carbons (Fsp3) is 0.320. The van der Waals surface area contributed by atoms with Crippen LogP contribution in [0.5, 0.6) is 0 Å². The fourth-order valence-electron chi connectivity index (χ4n) is 4.24. The van der Waals surface area contributed by atoms with Gasteiger partial charge in [-0.05, 0) is 63.4 Å². The van der Waals surface area contributed by atoms with Crippen LogP contribution in [0.25, 0.3) is 22.4 Å². The average Bonchev–Trinajstić information content (AvgIpc) is 2.83. The van der Waals surface area contributed by atoms with Gasteiger partial charge in [-0.3, -0.25) is 4.98 Å². The van der Waals surface area contributed by atoms with E-state index in [2.05, 4.69) is 15.0 Å². The highest BCUT2D eigenvalue weighted by atomic mass is 35.5. The van der Waals surface area contributed by atoms with Gasteiger partial charge in [-0.2, -0.15) is 0 Å². The lowest BCUT2D eigenvalue weighted by molar-refractivity contribution is 0.00393. The Hall–Kier alpha value is -3.10. The second-order valence-corrected chi connectivity index (χ2v) is 8.94. The van der Waals surface area contributed by atoms with E-state index >= 15 is 0 Å². The molecule has 4 aromatic rings. The van der Waals surface area contributed by atoms with E-state index in [-0.39, 0.29) is 28.3 Å². The summed E-state index contributed by atoms with van der Waals surface area (Å²) >= 11 is 5.78. The van der Waals surface area contributed by atoms with Gasteiger partial charge in [0, 0.05) is 30.0 Å². The molecular formula is C25H22ClF2N5O. The zero-order valence-corrected chi connectivity index (χ0v) is 19.7. The van der Waals surface area contributed by atoms with Crippen molar-refractivity contribution in [3.8, 4) is 11.3 Å². The molecule has 1 aliphatic rings. The summed E-state index contributed by atoms with van der Waals surface area (Å²) in [6, 6.07) is 6.67. The van der Waals surface area contributed by atoms with E-state index < -0.39 is 11.6 Å². The van der Waals surface area contributed by atoms with Crippen molar-refractivity contribution in [3.63, 3.8) is 0 Å². The summed E-state index contributed by atoms with van der Waals surface area (Å²) in [4.78, 5) is 22.8. The topological polar surface area (TPSA) is 73.7 Å². The summed E-state index contributed by atoms with van der Waals surface area (Å²) in [7, 11) is 0. The number of hydrogen-bond acceptors (Lipinski definition) is 6. The first kappa shape index (κ1) is 22.7. The summed E-state index contributed by atoms with van der Waals surface area (Å²) in [5, 5.41) is -0.294. The molecule has 4 heterocycles. The van der Waals surface area contributed by atoms with Gasteiger partial charge in [0.2, 0.25) is 0 Å². The van der Waals surface area contributed by atoms with Gasteiger partial charge in [0.15, 0.2) is 17.3 Å². The largest absolute Gasteiger partial charge is 0.373 e. The molecule has 0 aliphatic carbocycles. The van der Waals surface area contributed by atoms with Gasteiger partial charge in [0.1, 0.15) is 17.0 Å². The highest BCUT2D eigenvalue weighted by molar-refractivity contribution is 6.30. The Morgan fingerprint density at radius 2 is 1.76 bits per heavy atom. The van der Waals surface area contributed by atoms with E-state index in [1.165, 1.54) is 12.1 Å². The van der Waals surface area contributed by atoms with E-state index in [9.17, 15) is 8.78 Å². The number of halogens is 3. The van der Waals surface area contributed by atoms with Gasteiger partial charge in [-0.25, -0.2) is 28.7 Å². The third-order valence-corrected chi connectivity index (χ3v) is 6.48. The van der Waals surface area contributed by atoms with Gasteiger partial charge < -0.3 is 4.74 Å². The van der Waals surface area contributed by atoms with Crippen LogP contribution in [0.1, 0.15) is 53.3 Å². The van der Waals surface area contributed by atoms with Crippen molar-refractivity contribution in [2.24, 2.45) is 0 Å². The molecule has 1 fully saturated rings. The third-order valence-electron chi connectivity index (χ3n) is 6.19. The average molecular weight is 482 g/mol. The van der Waals surface area contributed by atoms with E-state index in [4.69, 9.17) is 26.3 Å². The Labute approximate surface area is 200 Å². The number of pyridine rings is 1. The predicted molar refractivity (Wildman–Crippen MR) is 125 cm³/mol. The number of aromatic nitrogens is 5. The first-order valence-electron chi connectivity index (χ1n) is 11.0. The van der Waals surface area contributed by atoms with Crippen LogP contribution in [-0.2, 0) is 4.74 Å². The van der Waals surface area contributed by atoms with Crippen LogP contribution < -0.4 is 0 Å². The highest BCUT2D eigenvalue weighted by Gasteiger charge is 2.29. The van der Waals surface area contributed by atoms with Crippen molar-refractivity contribution in [2.45, 2.75) is 45.6 Å². The Bertz CT molecular complexity index is 1410. The zero-order valence-electron chi connectivity index (χ0n) is 18.9. The van der Waals surface area contributed by atoms with Crippen molar-refractivity contribution in [3.05, 3.63) is 75.6 Å². The smallest absolute Gasteiger partial charge is 0.182 e. The van der Waals surface area contributed by atoms with Gasteiger partial charge >= 0.3 is 0 Å². The van der Waals surface area contributed by atoms with Crippen molar-refractivity contribution in [1.29, 1.82) is 0 Å². The summed E-state index contributed by atoms with van der Waals surface area (Å²) in [6.07, 6.45) is 2.96. The maximum atomic E-state index is 15.0. The molecule has 174 valence electrons. The third kappa shape index (κ3) is 4.12. The number of rotatable bonds is 3. The lowest BCUT2D eigenvalue weighted by Gasteiger charge is -2.29. The molecule has 3 aromatic heterocycles. The summed E-state index contributed by atoms with van der Waals surface area (Å²) in [6.45, 7) is 6.10. The van der Waals surface area contributed by atoms with Gasteiger partial charge in [0.25, 0.3) is 0 Å². The molecule has 1 aliphatic heterocycles. The molecule has 0 saturated carbocycles. The molecule has 34 heavy (non-hydrogen) atoms. The van der Waals surface area contributed by atoms with E-state index in [0.29, 0.717) is 47.8 Å². The number of benzene rings is 1. The summed E-state index contributed by atoms with van der Waals surface area (Å²) in [5.74, 6) is -1.74. The standard InChI is InChI=1S/C25H22ClF2N5O/c1-12-10-15(6-8-29-12)19-11-16(7-9-34-19)24-32-22(17-4-5-18(26)21(28)20(17)27)23-25(33-24)31-14(3)13(2)30-23/h4-6,8,10,16,19H,7,9,11H2,1-3H3/t16-,19+/m1/s1. The Morgan fingerprint density at radius 1 is 0.971 bits per heavy atom. The van der Waals surface area contributed by atoms with Crippen LogP contribution in [-0.4, -0.2) is 31.5 Å². The lowest BCUT2D eigenvalue weighted by atomic mass is 9.91. The van der Waals surface area contributed by atoms with Crippen molar-refractivity contribution >= 4 is 22.8 Å². The fourth-order valence-corrected chi connectivity index (χ4v) is 4.39. The molecular weight excluding hydrogens is 460 g/mol. The normalized spacial score (nSPS) is 18.4. The minimum absolute atomic E-state index is 0.0264. The molecule has 1 saturated heterocycles. The number of nitrogens with zero attached hydrogens (tertiary/aromatic N) is 5. The van der Waals surface area contributed by atoms with Crippen LogP contribution >= 0.6 is 11.6 Å². The van der Waals surface area contributed by atoms with Crippen LogP contribution in [0, 0.1) is 32.4 Å². The van der Waals surface area contributed by atoms with E-state index in [1.54, 1.807) is 13.1 Å². The maximum absolute atomic E-state index is 15.0. The SMILES string of the molecule is Cc1cc([C@@H]2C[C@H](c3nc(-c4ccc(Cl)c(F)c4F)c4nc(C)c(C)nc4n3)CCO2)ccn1. The zero-order chi connectivity index (χ0) is 24.0. The number of hydrogen-bond donors (Lipinski definition) is 0. The number of aryl methyl sites for hydroxylation is 3. The minimum atomic E-state index is -1.12. The molecule has 0 radical (unpaired) electrons. The molecule has 0 amide bonds. The van der Waals surface area contributed by atoms with Crippen LogP contribution in [0.15, 0.2) is 30.5 Å². The highest BCUT2D eigenvalue weighted by Crippen LogP contribution is 2.38. The van der Waals surface area contributed by atoms with Crippen molar-refractivity contribution in [1.82, 2.24) is 24.9 Å². The monoisotopic (exact) mass is 481 g/mol. The Balaban J connectivity index is 1.64. The predicted octanol–water partition coefficient (Wildman–Crippen LogP) is 5.97. The lowest BCUT2D eigenvalue weighted by Crippen LogP contribution is -2.21. The molecule has 6 nitrogen and oxygen atoms in total. The first-order chi connectivity index (χ1) is 16.3. The molecule has 0 N–H and O–H groups in total. The first-order valence-corrected chi connectivity index (χ1v) is 11.4. The molecule has 0 bridgehead atoms. The van der Waals surface area contributed by atoms with Gasteiger partial charge in [-0.15, -0.1) is 0 Å². The van der Waals surface area contributed by atoms with Gasteiger partial charge in [-0.1, -0.05) is 11.6 Å². The quantitative estimate of drug-likeness (QED) is 0.335. The van der Waals surface area contributed by atoms with Crippen LogP contribution in [0.3, 0.4) is 0 Å². The molecule has 9 heteroatoms. The second-order valence-electron chi connectivity index (χ2n) is 8.53. The molecule has 0 spiro atoms. The van der Waals surface area contributed by atoms with Crippen molar-refractivity contribution < 1.29 is 13.5 Å². The van der Waals surface area contributed by atoms with E-state index in [0.717, 1.165) is 11.3 Å². The number of fused-ring (bicyclic) bond motifs is 1. The van der Waals surface area contributed by atoms with Crippen molar-refractivity contribution in [2.75, 3.05) is 6.61 Å². The second kappa shape index (κ2) is 8.92. The Kier molecular flexibility index (Phi) is 5.95. The van der Waals surface area contributed by atoms with Crippen LogP contribution in [0.2, 0.25) is 5.02 Å². The number of ether oxygens (including phenoxy) is 1. The Morgan fingerprint density at radius 3 is 2.56 bits per heavy atom. The molecule has 5 rings (SSSR count). The minimum Gasteiger partial charge on any atom is -0.373 e. The molecule has 0 unspecified atom stereocenters. The molecule has 2 atom stereocenters. The summed E-state index contributed by atoms with van der Waals surface area (Å²) < 4.78 is 35.3. The van der Waals surface area contributed by atoms with E-state index in [1.807, 2.05) is 26.0 Å².